The predicted octanol–water partition coefficient (Wildman–Crippen LogP) is 5.62. The van der Waals surface area contributed by atoms with Gasteiger partial charge in [-0.25, -0.2) is 14.4 Å². The lowest BCUT2D eigenvalue weighted by atomic mass is 10.0. The SMILES string of the molecule is Cc1nc(OCCC(C)(C)O)ccc1-c1ccc(F)c(COc2cc3c(cn2)[C@@H]2[C@@H](C)[C@@H]2C3)c1. The van der Waals surface area contributed by atoms with Crippen molar-refractivity contribution in [2.45, 2.75) is 58.7 Å². The van der Waals surface area contributed by atoms with E-state index in [9.17, 15) is 9.50 Å². The Labute approximate surface area is 200 Å². The topological polar surface area (TPSA) is 64.5 Å². The molecule has 2 aliphatic carbocycles. The number of aromatic nitrogens is 2. The molecule has 2 aliphatic rings. The second-order valence-corrected chi connectivity index (χ2v) is 10.3. The Hall–Kier alpha value is -2.99. The Morgan fingerprint density at radius 3 is 2.71 bits per heavy atom. The Balaban J connectivity index is 1.27. The van der Waals surface area contributed by atoms with E-state index in [-0.39, 0.29) is 12.4 Å². The first kappa shape index (κ1) is 22.8. The highest BCUT2D eigenvalue weighted by molar-refractivity contribution is 5.67. The molecule has 178 valence electrons. The number of halogens is 1. The minimum Gasteiger partial charge on any atom is -0.478 e. The minimum absolute atomic E-state index is 0.110. The number of hydrogen-bond acceptors (Lipinski definition) is 5. The zero-order valence-corrected chi connectivity index (χ0v) is 20.1. The molecule has 5 nitrogen and oxygen atoms in total. The van der Waals surface area contributed by atoms with E-state index in [2.05, 4.69) is 16.9 Å². The molecule has 0 radical (unpaired) electrons. The molecule has 3 aromatic rings. The number of aryl methyl sites for hydroxylation is 1. The second-order valence-electron chi connectivity index (χ2n) is 10.3. The van der Waals surface area contributed by atoms with Gasteiger partial charge in [0.1, 0.15) is 12.4 Å². The largest absolute Gasteiger partial charge is 0.478 e. The molecule has 0 unspecified atom stereocenters. The number of pyridine rings is 2. The number of nitrogens with zero attached hydrogens (tertiary/aromatic N) is 2. The van der Waals surface area contributed by atoms with E-state index in [0.29, 0.717) is 36.3 Å². The Kier molecular flexibility index (Phi) is 5.80. The van der Waals surface area contributed by atoms with E-state index in [1.54, 1.807) is 32.0 Å². The van der Waals surface area contributed by atoms with Crippen molar-refractivity contribution in [2.75, 3.05) is 6.61 Å². The lowest BCUT2D eigenvalue weighted by Crippen LogP contribution is -2.22. The lowest BCUT2D eigenvalue weighted by Gasteiger charge is -2.17. The van der Waals surface area contributed by atoms with Gasteiger partial charge < -0.3 is 14.6 Å². The molecular formula is C28H31FN2O3. The zero-order valence-electron chi connectivity index (χ0n) is 20.1. The van der Waals surface area contributed by atoms with Gasteiger partial charge in [0.2, 0.25) is 11.8 Å². The van der Waals surface area contributed by atoms with Crippen molar-refractivity contribution in [2.24, 2.45) is 11.8 Å². The van der Waals surface area contributed by atoms with Crippen LogP contribution in [0.15, 0.2) is 42.6 Å². The average molecular weight is 463 g/mol. The van der Waals surface area contributed by atoms with Gasteiger partial charge in [-0.1, -0.05) is 13.0 Å². The van der Waals surface area contributed by atoms with Crippen LogP contribution in [-0.2, 0) is 13.0 Å². The first-order chi connectivity index (χ1) is 16.2. The first-order valence-corrected chi connectivity index (χ1v) is 11.9. The van der Waals surface area contributed by atoms with Gasteiger partial charge in [0.05, 0.1) is 12.2 Å². The van der Waals surface area contributed by atoms with Gasteiger partial charge in [-0.15, -0.1) is 0 Å². The van der Waals surface area contributed by atoms with Crippen molar-refractivity contribution in [1.82, 2.24) is 9.97 Å². The van der Waals surface area contributed by atoms with Gasteiger partial charge in [-0.3, -0.25) is 0 Å². The number of fused-ring (bicyclic) bond motifs is 3. The van der Waals surface area contributed by atoms with Gasteiger partial charge in [0.25, 0.3) is 0 Å². The van der Waals surface area contributed by atoms with Crippen LogP contribution in [0.2, 0.25) is 0 Å². The molecule has 1 N–H and O–H groups in total. The molecular weight excluding hydrogens is 431 g/mol. The lowest BCUT2D eigenvalue weighted by molar-refractivity contribution is 0.0547. The summed E-state index contributed by atoms with van der Waals surface area (Å²) in [6, 6.07) is 10.8. The number of benzene rings is 1. The maximum Gasteiger partial charge on any atom is 0.213 e. The highest BCUT2D eigenvalue weighted by Crippen LogP contribution is 2.61. The average Bonchev–Trinajstić information content (AvgIpc) is 3.23. The molecule has 1 aromatic carbocycles. The summed E-state index contributed by atoms with van der Waals surface area (Å²) >= 11 is 0. The summed E-state index contributed by atoms with van der Waals surface area (Å²) < 4.78 is 26.1. The first-order valence-electron chi connectivity index (χ1n) is 11.9. The number of ether oxygens (including phenoxy) is 2. The fourth-order valence-electron chi connectivity index (χ4n) is 5.00. The molecule has 5 rings (SSSR count). The van der Waals surface area contributed by atoms with Gasteiger partial charge in [0.15, 0.2) is 0 Å². The second kappa shape index (κ2) is 8.66. The van der Waals surface area contributed by atoms with E-state index in [1.165, 1.54) is 17.2 Å². The minimum atomic E-state index is -0.782. The number of aliphatic hydroxyl groups is 1. The summed E-state index contributed by atoms with van der Waals surface area (Å²) in [5.74, 6) is 2.94. The van der Waals surface area contributed by atoms with E-state index < -0.39 is 5.60 Å². The smallest absolute Gasteiger partial charge is 0.213 e. The van der Waals surface area contributed by atoms with Crippen LogP contribution in [-0.4, -0.2) is 27.3 Å². The molecule has 34 heavy (non-hydrogen) atoms. The summed E-state index contributed by atoms with van der Waals surface area (Å²) in [5.41, 5.74) is 4.92. The molecule has 6 heteroatoms. The standard InChI is InChI=1S/C28H31FN2O3/c1-16-22-12-19-13-26(30-14-23(19)27(16)22)34-15-20-11-18(5-7-24(20)29)21-6-8-25(31-17(21)2)33-10-9-28(3,4)32/h5-8,11,13-14,16,22,27,32H,9-10,12,15H2,1-4H3/t16-,22-,27+/m0/s1. The normalized spacial score (nSPS) is 20.6. The summed E-state index contributed by atoms with van der Waals surface area (Å²) in [7, 11) is 0. The van der Waals surface area contributed by atoms with Crippen LogP contribution in [0.5, 0.6) is 11.8 Å². The third kappa shape index (κ3) is 4.64. The zero-order chi connectivity index (χ0) is 24.0. The molecule has 0 amide bonds. The van der Waals surface area contributed by atoms with Crippen LogP contribution in [0.1, 0.15) is 55.5 Å². The summed E-state index contributed by atoms with van der Waals surface area (Å²) in [6.07, 6.45) is 3.54. The third-order valence-electron chi connectivity index (χ3n) is 7.13. The van der Waals surface area contributed by atoms with Crippen LogP contribution in [0.4, 0.5) is 4.39 Å². The van der Waals surface area contributed by atoms with E-state index in [1.807, 2.05) is 25.3 Å². The Morgan fingerprint density at radius 2 is 1.94 bits per heavy atom. The number of rotatable bonds is 8. The van der Waals surface area contributed by atoms with E-state index in [0.717, 1.165) is 35.1 Å². The molecule has 3 atom stereocenters. The summed E-state index contributed by atoms with van der Waals surface area (Å²) in [4.78, 5) is 8.99. The van der Waals surface area contributed by atoms with Crippen molar-refractivity contribution in [3.63, 3.8) is 0 Å². The van der Waals surface area contributed by atoms with E-state index >= 15 is 0 Å². The van der Waals surface area contributed by atoms with Crippen molar-refractivity contribution in [1.29, 1.82) is 0 Å². The highest BCUT2D eigenvalue weighted by atomic mass is 19.1. The van der Waals surface area contributed by atoms with Crippen LogP contribution >= 0.6 is 0 Å². The van der Waals surface area contributed by atoms with Crippen molar-refractivity contribution < 1.29 is 19.0 Å². The van der Waals surface area contributed by atoms with Crippen molar-refractivity contribution in [3.8, 4) is 22.9 Å². The summed E-state index contributed by atoms with van der Waals surface area (Å²) in [6.45, 7) is 8.18. The van der Waals surface area contributed by atoms with Gasteiger partial charge >= 0.3 is 0 Å². The molecule has 0 spiro atoms. The monoisotopic (exact) mass is 462 g/mol. The fourth-order valence-corrected chi connectivity index (χ4v) is 5.00. The van der Waals surface area contributed by atoms with E-state index in [4.69, 9.17) is 9.47 Å². The maximum absolute atomic E-state index is 14.6. The molecule has 2 aromatic heterocycles. The number of hydrogen-bond donors (Lipinski definition) is 1. The molecule has 0 saturated heterocycles. The maximum atomic E-state index is 14.6. The van der Waals surface area contributed by atoms with Gasteiger partial charge in [0, 0.05) is 41.6 Å². The van der Waals surface area contributed by atoms with Crippen LogP contribution in [0.25, 0.3) is 11.1 Å². The highest BCUT2D eigenvalue weighted by Gasteiger charge is 2.52. The Bertz CT molecular complexity index is 1220. The third-order valence-corrected chi connectivity index (χ3v) is 7.13. The van der Waals surface area contributed by atoms with Gasteiger partial charge in [-0.05, 0) is 79.8 Å². The Morgan fingerprint density at radius 1 is 1.12 bits per heavy atom. The quantitative estimate of drug-likeness (QED) is 0.471. The molecule has 2 heterocycles. The fraction of sp³-hybridized carbons (Fsp3) is 0.429. The molecule has 0 bridgehead atoms. The summed E-state index contributed by atoms with van der Waals surface area (Å²) in [5, 5.41) is 9.83. The molecule has 0 aliphatic heterocycles. The predicted molar refractivity (Wildman–Crippen MR) is 128 cm³/mol. The van der Waals surface area contributed by atoms with Crippen LogP contribution < -0.4 is 9.47 Å². The van der Waals surface area contributed by atoms with Crippen molar-refractivity contribution in [3.05, 3.63) is 70.8 Å². The van der Waals surface area contributed by atoms with Crippen molar-refractivity contribution >= 4 is 0 Å². The molecule has 1 saturated carbocycles. The van der Waals surface area contributed by atoms with Crippen LogP contribution in [0, 0.1) is 24.6 Å². The molecule has 1 fully saturated rings. The van der Waals surface area contributed by atoms with Crippen LogP contribution in [0.3, 0.4) is 0 Å². The van der Waals surface area contributed by atoms with Gasteiger partial charge in [-0.2, -0.15) is 0 Å².